The summed E-state index contributed by atoms with van der Waals surface area (Å²) in [5.41, 5.74) is 0. The van der Waals surface area contributed by atoms with Gasteiger partial charge in [0.2, 0.25) is 5.91 Å². The molecule has 6 nitrogen and oxygen atoms in total. The standard InChI is InChI=1S/C33H66N2O4/c1-3-5-7-9-11-12-13-14-15-16-17-18-20-24-33(38)34-25-22-26-35(30-32(37)31-36)27-23-29-39-28-21-19-10-8-6-4-2/h12-13,32,36-37H,3-11,14-31H2,1-2H3,(H,34,38)/b13-12-. The highest BCUT2D eigenvalue weighted by molar-refractivity contribution is 5.75. The molecule has 0 radical (unpaired) electrons. The fourth-order valence-electron chi connectivity index (χ4n) is 4.75. The summed E-state index contributed by atoms with van der Waals surface area (Å²) in [4.78, 5) is 14.3. The molecule has 39 heavy (non-hydrogen) atoms. The highest BCUT2D eigenvalue weighted by Crippen LogP contribution is 2.09. The number of carbonyl (C=O) groups is 1. The monoisotopic (exact) mass is 555 g/mol. The maximum Gasteiger partial charge on any atom is 0.219 e. The summed E-state index contributed by atoms with van der Waals surface area (Å²) >= 11 is 0. The summed E-state index contributed by atoms with van der Waals surface area (Å²) in [6, 6.07) is 0. The van der Waals surface area contributed by atoms with Crippen molar-refractivity contribution in [3.63, 3.8) is 0 Å². The molecule has 0 aromatic carbocycles. The smallest absolute Gasteiger partial charge is 0.219 e. The lowest BCUT2D eigenvalue weighted by molar-refractivity contribution is -0.121. The molecular formula is C33H66N2O4. The molecule has 6 heteroatoms. The first kappa shape index (κ1) is 38.0. The molecule has 3 N–H and O–H groups in total. The van der Waals surface area contributed by atoms with Gasteiger partial charge < -0.3 is 25.2 Å². The predicted molar refractivity (Wildman–Crippen MR) is 166 cm³/mol. The van der Waals surface area contributed by atoms with Crippen LogP contribution in [0.3, 0.4) is 0 Å². The first-order valence-corrected chi connectivity index (χ1v) is 16.6. The highest BCUT2D eigenvalue weighted by atomic mass is 16.5. The van der Waals surface area contributed by atoms with Crippen LogP contribution in [0.4, 0.5) is 0 Å². The molecular weight excluding hydrogens is 488 g/mol. The molecule has 1 atom stereocenters. The summed E-state index contributed by atoms with van der Waals surface area (Å²) in [5, 5.41) is 22.2. The fraction of sp³-hybridized carbons (Fsp3) is 0.909. The lowest BCUT2D eigenvalue weighted by atomic mass is 10.1. The van der Waals surface area contributed by atoms with E-state index in [0.717, 1.165) is 58.4 Å². The molecule has 1 unspecified atom stereocenters. The van der Waals surface area contributed by atoms with Crippen molar-refractivity contribution in [2.45, 2.75) is 148 Å². The van der Waals surface area contributed by atoms with Gasteiger partial charge in [0.25, 0.3) is 0 Å². The van der Waals surface area contributed by atoms with Crippen LogP contribution in [0.2, 0.25) is 0 Å². The molecule has 0 spiro atoms. The second-order valence-electron chi connectivity index (χ2n) is 11.2. The quantitative estimate of drug-likeness (QED) is 0.0625. The van der Waals surface area contributed by atoms with E-state index < -0.39 is 6.10 Å². The van der Waals surface area contributed by atoms with Gasteiger partial charge in [-0.15, -0.1) is 0 Å². The van der Waals surface area contributed by atoms with Gasteiger partial charge in [-0.2, -0.15) is 0 Å². The zero-order valence-electron chi connectivity index (χ0n) is 26.0. The summed E-state index contributed by atoms with van der Waals surface area (Å²) in [6.07, 6.45) is 27.5. The number of aliphatic hydroxyl groups excluding tert-OH is 2. The van der Waals surface area contributed by atoms with Gasteiger partial charge in [0.05, 0.1) is 12.7 Å². The number of rotatable bonds is 31. The molecule has 0 aliphatic rings. The number of nitrogens with zero attached hydrogens (tertiary/aromatic N) is 1. The zero-order chi connectivity index (χ0) is 28.7. The Labute approximate surface area is 242 Å². The number of hydrogen-bond donors (Lipinski definition) is 3. The van der Waals surface area contributed by atoms with Gasteiger partial charge >= 0.3 is 0 Å². The van der Waals surface area contributed by atoms with Gasteiger partial charge in [-0.3, -0.25) is 4.79 Å². The predicted octanol–water partition coefficient (Wildman–Crippen LogP) is 7.17. The number of carbonyl (C=O) groups excluding carboxylic acids is 1. The second-order valence-corrected chi connectivity index (χ2v) is 11.2. The molecule has 232 valence electrons. The number of allylic oxidation sites excluding steroid dienone is 2. The average molecular weight is 555 g/mol. The molecule has 0 aliphatic carbocycles. The molecule has 0 heterocycles. The number of hydrogen-bond acceptors (Lipinski definition) is 5. The van der Waals surface area contributed by atoms with Crippen molar-refractivity contribution in [1.29, 1.82) is 0 Å². The average Bonchev–Trinajstić information content (AvgIpc) is 2.94. The Morgan fingerprint density at radius 1 is 0.744 bits per heavy atom. The molecule has 0 rings (SSSR count). The number of amides is 1. The Bertz CT molecular complexity index is 530. The summed E-state index contributed by atoms with van der Waals surface area (Å²) < 4.78 is 5.78. The van der Waals surface area contributed by atoms with E-state index in [1.165, 1.54) is 89.9 Å². The third-order valence-electron chi connectivity index (χ3n) is 7.22. The third-order valence-corrected chi connectivity index (χ3v) is 7.22. The minimum absolute atomic E-state index is 0.144. The van der Waals surface area contributed by atoms with Crippen LogP contribution in [0, 0.1) is 0 Å². The van der Waals surface area contributed by atoms with E-state index in [0.29, 0.717) is 19.5 Å². The summed E-state index contributed by atoms with van der Waals surface area (Å²) in [7, 11) is 0. The molecule has 0 fully saturated rings. The number of nitrogens with one attached hydrogen (secondary N) is 1. The van der Waals surface area contributed by atoms with E-state index in [1.807, 2.05) is 0 Å². The minimum atomic E-state index is -0.727. The Balaban J connectivity index is 3.73. The maximum absolute atomic E-state index is 12.2. The fourth-order valence-corrected chi connectivity index (χ4v) is 4.75. The van der Waals surface area contributed by atoms with E-state index in [1.54, 1.807) is 0 Å². The number of unbranched alkanes of at least 4 members (excludes halogenated alkanes) is 14. The first-order chi connectivity index (χ1) is 19.1. The van der Waals surface area contributed by atoms with Crippen LogP contribution in [0.5, 0.6) is 0 Å². The zero-order valence-corrected chi connectivity index (χ0v) is 26.0. The van der Waals surface area contributed by atoms with Crippen molar-refractivity contribution in [3.05, 3.63) is 12.2 Å². The molecule has 0 aromatic heterocycles. The van der Waals surface area contributed by atoms with E-state index in [-0.39, 0.29) is 12.5 Å². The summed E-state index contributed by atoms with van der Waals surface area (Å²) in [6.45, 7) is 8.56. The number of aliphatic hydroxyl groups is 2. The van der Waals surface area contributed by atoms with Gasteiger partial charge in [-0.1, -0.05) is 96.6 Å². The van der Waals surface area contributed by atoms with E-state index in [9.17, 15) is 15.0 Å². The van der Waals surface area contributed by atoms with Crippen molar-refractivity contribution in [1.82, 2.24) is 10.2 Å². The SMILES string of the molecule is CCCCCC/C=C\CCCCCCCC(=O)NCCCN(CCCOCCCCCCCC)CC(O)CO. The molecule has 0 bridgehead atoms. The van der Waals surface area contributed by atoms with Crippen molar-refractivity contribution >= 4 is 5.91 Å². The van der Waals surface area contributed by atoms with E-state index in [4.69, 9.17) is 4.74 Å². The second kappa shape index (κ2) is 31.6. The Kier molecular flexibility index (Phi) is 30.8. The van der Waals surface area contributed by atoms with Crippen LogP contribution in [0.1, 0.15) is 142 Å². The van der Waals surface area contributed by atoms with Gasteiger partial charge in [0.1, 0.15) is 0 Å². The normalized spacial score (nSPS) is 12.5. The molecule has 0 aromatic rings. The van der Waals surface area contributed by atoms with Gasteiger partial charge in [-0.25, -0.2) is 0 Å². The van der Waals surface area contributed by atoms with Crippen LogP contribution in [-0.2, 0) is 9.53 Å². The summed E-state index contributed by atoms with van der Waals surface area (Å²) in [5.74, 6) is 0.144. The van der Waals surface area contributed by atoms with Crippen LogP contribution in [0.15, 0.2) is 12.2 Å². The number of ether oxygens (including phenoxy) is 1. The van der Waals surface area contributed by atoms with Gasteiger partial charge in [-0.05, 0) is 57.9 Å². The van der Waals surface area contributed by atoms with Crippen LogP contribution in [-0.4, -0.2) is 73.1 Å². The van der Waals surface area contributed by atoms with Gasteiger partial charge in [0, 0.05) is 39.3 Å². The van der Waals surface area contributed by atoms with Crippen LogP contribution >= 0.6 is 0 Å². The third kappa shape index (κ3) is 29.8. The van der Waals surface area contributed by atoms with E-state index >= 15 is 0 Å². The Hall–Kier alpha value is -0.950. The van der Waals surface area contributed by atoms with Crippen molar-refractivity contribution < 1.29 is 19.7 Å². The highest BCUT2D eigenvalue weighted by Gasteiger charge is 2.11. The topological polar surface area (TPSA) is 82.0 Å². The Morgan fingerprint density at radius 2 is 1.28 bits per heavy atom. The largest absolute Gasteiger partial charge is 0.394 e. The minimum Gasteiger partial charge on any atom is -0.394 e. The van der Waals surface area contributed by atoms with Crippen LogP contribution in [0.25, 0.3) is 0 Å². The molecule has 1 amide bonds. The lowest BCUT2D eigenvalue weighted by Gasteiger charge is -2.24. The van der Waals surface area contributed by atoms with Crippen molar-refractivity contribution in [2.24, 2.45) is 0 Å². The van der Waals surface area contributed by atoms with Crippen molar-refractivity contribution in [3.8, 4) is 0 Å². The molecule has 0 aliphatic heterocycles. The Morgan fingerprint density at radius 3 is 1.95 bits per heavy atom. The van der Waals surface area contributed by atoms with E-state index in [2.05, 4.69) is 36.2 Å². The molecule has 0 saturated carbocycles. The van der Waals surface area contributed by atoms with Gasteiger partial charge in [0.15, 0.2) is 0 Å². The molecule has 0 saturated heterocycles. The van der Waals surface area contributed by atoms with Crippen molar-refractivity contribution in [2.75, 3.05) is 46.0 Å². The first-order valence-electron chi connectivity index (χ1n) is 16.6. The lowest BCUT2D eigenvalue weighted by Crippen LogP contribution is -2.37. The maximum atomic E-state index is 12.2. The van der Waals surface area contributed by atoms with Crippen LogP contribution < -0.4 is 5.32 Å².